The monoisotopic (exact) mass is 188 g/mol. The maximum Gasteiger partial charge on any atom is 0.228 e. The summed E-state index contributed by atoms with van der Waals surface area (Å²) in [6, 6.07) is 3.61. The van der Waals surface area contributed by atoms with Gasteiger partial charge in [0.05, 0.1) is 5.56 Å². The van der Waals surface area contributed by atoms with Crippen LogP contribution in [-0.2, 0) is 0 Å². The van der Waals surface area contributed by atoms with Gasteiger partial charge in [0.15, 0.2) is 0 Å². The molecule has 0 aliphatic rings. The molecule has 1 N–H and O–H groups in total. The molecule has 0 aromatic carbocycles. The standard InChI is InChI=1S/C10H8N2O2/c1-7(13)9-6-14-10(12-9)8-3-2-4-11-5-8/h2-6,13H,1H2. The van der Waals surface area contributed by atoms with E-state index in [0.29, 0.717) is 11.6 Å². The van der Waals surface area contributed by atoms with E-state index >= 15 is 0 Å². The van der Waals surface area contributed by atoms with Gasteiger partial charge in [-0.25, -0.2) is 4.98 Å². The van der Waals surface area contributed by atoms with Crippen LogP contribution in [0.5, 0.6) is 0 Å². The third-order valence-corrected chi connectivity index (χ3v) is 1.71. The van der Waals surface area contributed by atoms with E-state index in [0.717, 1.165) is 5.56 Å². The van der Waals surface area contributed by atoms with Crippen LogP contribution in [0, 0.1) is 0 Å². The molecule has 0 atom stereocenters. The summed E-state index contributed by atoms with van der Waals surface area (Å²) in [5.74, 6) is 0.312. The van der Waals surface area contributed by atoms with E-state index in [1.54, 1.807) is 18.5 Å². The Morgan fingerprint density at radius 2 is 2.36 bits per heavy atom. The smallest absolute Gasteiger partial charge is 0.228 e. The molecule has 2 heterocycles. The molecule has 0 saturated carbocycles. The van der Waals surface area contributed by atoms with Crippen LogP contribution in [0.25, 0.3) is 17.2 Å². The molecular formula is C10H8N2O2. The topological polar surface area (TPSA) is 59.2 Å². The fourth-order valence-corrected chi connectivity index (χ4v) is 1.03. The lowest BCUT2D eigenvalue weighted by molar-refractivity contribution is 0.509. The SMILES string of the molecule is C=C(O)c1coc(-c2cccnc2)n1. The van der Waals surface area contributed by atoms with Crippen molar-refractivity contribution in [3.05, 3.63) is 43.1 Å². The van der Waals surface area contributed by atoms with Gasteiger partial charge in [0.2, 0.25) is 5.89 Å². The van der Waals surface area contributed by atoms with Crippen LogP contribution in [0.4, 0.5) is 0 Å². The number of aromatic nitrogens is 2. The summed E-state index contributed by atoms with van der Waals surface area (Å²) in [6.45, 7) is 3.35. The number of nitrogens with zero attached hydrogens (tertiary/aromatic N) is 2. The summed E-state index contributed by atoms with van der Waals surface area (Å²) in [4.78, 5) is 7.95. The molecule has 70 valence electrons. The number of oxazole rings is 1. The number of rotatable bonds is 2. The van der Waals surface area contributed by atoms with E-state index in [9.17, 15) is 0 Å². The average molecular weight is 188 g/mol. The van der Waals surface area contributed by atoms with E-state index in [2.05, 4.69) is 16.5 Å². The number of pyridine rings is 1. The summed E-state index contributed by atoms with van der Waals surface area (Å²) in [5.41, 5.74) is 1.10. The van der Waals surface area contributed by atoms with Crippen LogP contribution in [-0.4, -0.2) is 15.1 Å². The zero-order valence-electron chi connectivity index (χ0n) is 7.34. The van der Waals surface area contributed by atoms with Crippen LogP contribution in [0.15, 0.2) is 41.8 Å². The number of aliphatic hydroxyl groups is 1. The van der Waals surface area contributed by atoms with E-state index in [4.69, 9.17) is 9.52 Å². The highest BCUT2D eigenvalue weighted by molar-refractivity contribution is 5.57. The van der Waals surface area contributed by atoms with Crippen molar-refractivity contribution in [2.75, 3.05) is 0 Å². The first-order valence-electron chi connectivity index (χ1n) is 4.01. The van der Waals surface area contributed by atoms with Crippen molar-refractivity contribution in [3.8, 4) is 11.5 Å². The molecule has 0 radical (unpaired) electrons. The molecule has 0 aliphatic carbocycles. The number of hydrogen-bond donors (Lipinski definition) is 1. The Labute approximate surface area is 80.6 Å². The molecule has 4 nitrogen and oxygen atoms in total. The largest absolute Gasteiger partial charge is 0.506 e. The minimum Gasteiger partial charge on any atom is -0.506 e. The third kappa shape index (κ3) is 1.50. The minimum absolute atomic E-state index is 0.108. The first-order chi connectivity index (χ1) is 6.77. The Kier molecular flexibility index (Phi) is 2.02. The Morgan fingerprint density at radius 3 is 2.93 bits per heavy atom. The predicted octanol–water partition coefficient (Wildman–Crippen LogP) is 2.27. The van der Waals surface area contributed by atoms with E-state index in [1.165, 1.54) is 6.26 Å². The molecule has 0 bridgehead atoms. The number of hydrogen-bond acceptors (Lipinski definition) is 4. The molecule has 2 rings (SSSR count). The van der Waals surface area contributed by atoms with Crippen LogP contribution in [0.3, 0.4) is 0 Å². The quantitative estimate of drug-likeness (QED) is 0.734. The van der Waals surface area contributed by atoms with Gasteiger partial charge in [0.25, 0.3) is 0 Å². The van der Waals surface area contributed by atoms with Crippen LogP contribution in [0.1, 0.15) is 5.69 Å². The van der Waals surface area contributed by atoms with E-state index in [-0.39, 0.29) is 5.76 Å². The van der Waals surface area contributed by atoms with Crippen LogP contribution < -0.4 is 0 Å². The molecule has 0 unspecified atom stereocenters. The zero-order valence-corrected chi connectivity index (χ0v) is 7.34. The highest BCUT2D eigenvalue weighted by atomic mass is 16.3. The lowest BCUT2D eigenvalue weighted by atomic mass is 10.3. The first-order valence-corrected chi connectivity index (χ1v) is 4.01. The normalized spacial score (nSPS) is 10.0. The molecular weight excluding hydrogens is 180 g/mol. The second-order valence-corrected chi connectivity index (χ2v) is 2.73. The van der Waals surface area contributed by atoms with Gasteiger partial charge in [-0.15, -0.1) is 0 Å². The van der Waals surface area contributed by atoms with Crippen molar-refractivity contribution in [3.63, 3.8) is 0 Å². The predicted molar refractivity (Wildman–Crippen MR) is 51.4 cm³/mol. The first kappa shape index (κ1) is 8.50. The van der Waals surface area contributed by atoms with Crippen molar-refractivity contribution < 1.29 is 9.52 Å². The molecule has 0 aliphatic heterocycles. The summed E-state index contributed by atoms with van der Waals surface area (Å²) < 4.78 is 5.14. The molecule has 0 amide bonds. The van der Waals surface area contributed by atoms with Gasteiger partial charge in [-0.05, 0) is 12.1 Å². The third-order valence-electron chi connectivity index (χ3n) is 1.71. The molecule has 14 heavy (non-hydrogen) atoms. The van der Waals surface area contributed by atoms with Gasteiger partial charge in [-0.2, -0.15) is 0 Å². The lowest BCUT2D eigenvalue weighted by Crippen LogP contribution is -1.82. The second-order valence-electron chi connectivity index (χ2n) is 2.73. The van der Waals surface area contributed by atoms with Gasteiger partial charge in [0, 0.05) is 12.4 Å². The van der Waals surface area contributed by atoms with Gasteiger partial charge in [-0.1, -0.05) is 6.58 Å². The maximum atomic E-state index is 9.05. The summed E-state index contributed by atoms with van der Waals surface area (Å²) >= 11 is 0. The van der Waals surface area contributed by atoms with Crippen LogP contribution >= 0.6 is 0 Å². The van der Waals surface area contributed by atoms with Gasteiger partial charge in [-0.3, -0.25) is 4.98 Å². The van der Waals surface area contributed by atoms with E-state index < -0.39 is 0 Å². The fourth-order valence-electron chi connectivity index (χ4n) is 1.03. The van der Waals surface area contributed by atoms with E-state index in [1.807, 2.05) is 6.07 Å². The average Bonchev–Trinajstić information content (AvgIpc) is 2.68. The molecule has 2 aromatic rings. The van der Waals surface area contributed by atoms with Crippen molar-refractivity contribution in [2.45, 2.75) is 0 Å². The van der Waals surface area contributed by atoms with Crippen LogP contribution in [0.2, 0.25) is 0 Å². The Hall–Kier alpha value is -2.10. The summed E-state index contributed by atoms with van der Waals surface area (Å²) in [5, 5.41) is 9.05. The summed E-state index contributed by atoms with van der Waals surface area (Å²) in [7, 11) is 0. The van der Waals surface area contributed by atoms with Crippen molar-refractivity contribution in [1.82, 2.24) is 9.97 Å². The Bertz CT molecular complexity index is 448. The molecule has 0 fully saturated rings. The Morgan fingerprint density at radius 1 is 1.50 bits per heavy atom. The van der Waals surface area contributed by atoms with Gasteiger partial charge < -0.3 is 9.52 Å². The minimum atomic E-state index is -0.108. The molecule has 0 saturated heterocycles. The van der Waals surface area contributed by atoms with Crippen molar-refractivity contribution in [1.29, 1.82) is 0 Å². The molecule has 2 aromatic heterocycles. The fraction of sp³-hybridized carbons (Fsp3) is 0. The summed E-state index contributed by atoms with van der Waals surface area (Å²) in [6.07, 6.45) is 4.65. The lowest BCUT2D eigenvalue weighted by Gasteiger charge is -1.91. The molecule has 0 spiro atoms. The maximum absolute atomic E-state index is 9.05. The second kappa shape index (κ2) is 3.33. The van der Waals surface area contributed by atoms with Crippen molar-refractivity contribution in [2.24, 2.45) is 0 Å². The van der Waals surface area contributed by atoms with Gasteiger partial charge >= 0.3 is 0 Å². The highest BCUT2D eigenvalue weighted by Crippen LogP contribution is 2.18. The zero-order chi connectivity index (χ0) is 9.97. The Balaban J connectivity index is 2.39. The molecule has 4 heteroatoms. The van der Waals surface area contributed by atoms with Crippen molar-refractivity contribution >= 4 is 5.76 Å². The van der Waals surface area contributed by atoms with Gasteiger partial charge in [0.1, 0.15) is 17.7 Å². The highest BCUT2D eigenvalue weighted by Gasteiger charge is 2.07. The number of aliphatic hydroxyl groups excluding tert-OH is 1.